The van der Waals surface area contributed by atoms with Crippen molar-refractivity contribution in [2.75, 3.05) is 5.32 Å². The van der Waals surface area contributed by atoms with Gasteiger partial charge in [-0.15, -0.1) is 0 Å². The molecular formula is C14H11Cl2N3. The number of hydrogen-bond donors (Lipinski definition) is 1. The predicted molar refractivity (Wildman–Crippen MR) is 79.0 cm³/mol. The Labute approximate surface area is 120 Å². The standard InChI is InChI=1S/C14H11Cl2N3/c15-10-1-4-12(5-2-10)17-7-13-9-19-8-11(16)3-6-14(19)18-13/h1-6,8-9,17H,7H2. The zero-order chi connectivity index (χ0) is 13.2. The van der Waals surface area contributed by atoms with Gasteiger partial charge in [0.05, 0.1) is 17.3 Å². The molecule has 3 aromatic rings. The van der Waals surface area contributed by atoms with Gasteiger partial charge < -0.3 is 9.72 Å². The van der Waals surface area contributed by atoms with Gasteiger partial charge in [-0.25, -0.2) is 4.98 Å². The minimum Gasteiger partial charge on any atom is -0.379 e. The van der Waals surface area contributed by atoms with E-state index in [0.717, 1.165) is 22.1 Å². The molecule has 0 aliphatic carbocycles. The molecule has 0 saturated carbocycles. The summed E-state index contributed by atoms with van der Waals surface area (Å²) < 4.78 is 1.92. The Hall–Kier alpha value is -1.71. The van der Waals surface area contributed by atoms with E-state index >= 15 is 0 Å². The van der Waals surface area contributed by atoms with Crippen molar-refractivity contribution in [3.05, 3.63) is 64.5 Å². The number of anilines is 1. The quantitative estimate of drug-likeness (QED) is 0.781. The van der Waals surface area contributed by atoms with Gasteiger partial charge in [0.15, 0.2) is 0 Å². The molecule has 0 unspecified atom stereocenters. The lowest BCUT2D eigenvalue weighted by Crippen LogP contribution is -1.99. The number of nitrogens with zero attached hydrogens (tertiary/aromatic N) is 2. The first-order valence-corrected chi connectivity index (χ1v) is 6.59. The van der Waals surface area contributed by atoms with Crippen LogP contribution in [0.5, 0.6) is 0 Å². The van der Waals surface area contributed by atoms with Crippen molar-refractivity contribution >= 4 is 34.5 Å². The van der Waals surface area contributed by atoms with Crippen LogP contribution < -0.4 is 5.32 Å². The van der Waals surface area contributed by atoms with Crippen molar-refractivity contribution in [1.82, 2.24) is 9.38 Å². The third-order valence-corrected chi connectivity index (χ3v) is 3.26. The molecule has 1 aromatic carbocycles. The van der Waals surface area contributed by atoms with Crippen molar-refractivity contribution in [3.63, 3.8) is 0 Å². The van der Waals surface area contributed by atoms with Gasteiger partial charge >= 0.3 is 0 Å². The molecule has 2 aromatic heterocycles. The molecule has 5 heteroatoms. The van der Waals surface area contributed by atoms with Gasteiger partial charge in [-0.2, -0.15) is 0 Å². The Morgan fingerprint density at radius 1 is 0.947 bits per heavy atom. The highest BCUT2D eigenvalue weighted by Crippen LogP contribution is 2.15. The molecule has 3 rings (SSSR count). The topological polar surface area (TPSA) is 29.3 Å². The van der Waals surface area contributed by atoms with Crippen LogP contribution in [0, 0.1) is 0 Å². The minimum atomic E-state index is 0.654. The summed E-state index contributed by atoms with van der Waals surface area (Å²) in [6, 6.07) is 11.3. The fraction of sp³-hybridized carbons (Fsp3) is 0.0714. The van der Waals surface area contributed by atoms with Crippen LogP contribution in [0.25, 0.3) is 5.65 Å². The molecule has 19 heavy (non-hydrogen) atoms. The number of aromatic nitrogens is 2. The van der Waals surface area contributed by atoms with Crippen molar-refractivity contribution in [2.24, 2.45) is 0 Å². The Bertz CT molecular complexity index is 704. The molecule has 0 aliphatic rings. The van der Waals surface area contributed by atoms with Crippen molar-refractivity contribution < 1.29 is 0 Å². The smallest absolute Gasteiger partial charge is 0.137 e. The fourth-order valence-electron chi connectivity index (χ4n) is 1.86. The second-order valence-corrected chi connectivity index (χ2v) is 5.08. The van der Waals surface area contributed by atoms with Crippen LogP contribution >= 0.6 is 23.2 Å². The molecule has 96 valence electrons. The maximum atomic E-state index is 5.94. The SMILES string of the molecule is Clc1ccc(NCc2cn3cc(Cl)ccc3n2)cc1. The molecule has 3 nitrogen and oxygen atoms in total. The predicted octanol–water partition coefficient (Wildman–Crippen LogP) is 4.25. The largest absolute Gasteiger partial charge is 0.379 e. The lowest BCUT2D eigenvalue weighted by atomic mass is 10.3. The lowest BCUT2D eigenvalue weighted by Gasteiger charge is -2.03. The first kappa shape index (κ1) is 12.3. The second kappa shape index (κ2) is 5.11. The van der Waals surface area contributed by atoms with Crippen LogP contribution in [0.15, 0.2) is 48.8 Å². The maximum absolute atomic E-state index is 5.94. The van der Waals surface area contributed by atoms with E-state index in [4.69, 9.17) is 23.2 Å². The van der Waals surface area contributed by atoms with Crippen LogP contribution in [-0.4, -0.2) is 9.38 Å². The number of benzene rings is 1. The summed E-state index contributed by atoms with van der Waals surface area (Å²) in [7, 11) is 0. The monoisotopic (exact) mass is 291 g/mol. The highest BCUT2D eigenvalue weighted by Gasteiger charge is 2.02. The highest BCUT2D eigenvalue weighted by molar-refractivity contribution is 6.30. The molecule has 0 saturated heterocycles. The summed E-state index contributed by atoms with van der Waals surface area (Å²) in [5.74, 6) is 0. The van der Waals surface area contributed by atoms with Gasteiger partial charge in [-0.05, 0) is 36.4 Å². The molecule has 0 spiro atoms. The van der Waals surface area contributed by atoms with Crippen LogP contribution in [0.4, 0.5) is 5.69 Å². The third-order valence-electron chi connectivity index (χ3n) is 2.78. The Kier molecular flexibility index (Phi) is 3.32. The zero-order valence-electron chi connectivity index (χ0n) is 9.98. The Morgan fingerprint density at radius 2 is 1.68 bits per heavy atom. The van der Waals surface area contributed by atoms with Crippen LogP contribution in [-0.2, 0) is 6.54 Å². The minimum absolute atomic E-state index is 0.654. The van der Waals surface area contributed by atoms with Gasteiger partial charge in [-0.3, -0.25) is 0 Å². The van der Waals surface area contributed by atoms with E-state index < -0.39 is 0 Å². The Balaban J connectivity index is 1.76. The molecule has 0 fully saturated rings. The molecular weight excluding hydrogens is 281 g/mol. The first-order chi connectivity index (χ1) is 9.20. The van der Waals surface area contributed by atoms with Crippen molar-refractivity contribution in [3.8, 4) is 0 Å². The summed E-state index contributed by atoms with van der Waals surface area (Å²) in [5, 5.41) is 4.72. The van der Waals surface area contributed by atoms with E-state index in [-0.39, 0.29) is 0 Å². The van der Waals surface area contributed by atoms with Crippen LogP contribution in [0.3, 0.4) is 0 Å². The number of pyridine rings is 1. The summed E-state index contributed by atoms with van der Waals surface area (Å²) in [5.41, 5.74) is 2.86. The van der Waals surface area contributed by atoms with E-state index in [0.29, 0.717) is 11.6 Å². The number of rotatable bonds is 3. The molecule has 0 bridgehead atoms. The molecule has 0 radical (unpaired) electrons. The summed E-state index contributed by atoms with van der Waals surface area (Å²) in [4.78, 5) is 4.50. The summed E-state index contributed by atoms with van der Waals surface area (Å²) >= 11 is 11.8. The van der Waals surface area contributed by atoms with Crippen molar-refractivity contribution in [2.45, 2.75) is 6.54 Å². The van der Waals surface area contributed by atoms with E-state index in [1.54, 1.807) is 0 Å². The molecule has 0 amide bonds. The number of nitrogens with one attached hydrogen (secondary N) is 1. The van der Waals surface area contributed by atoms with E-state index in [2.05, 4.69) is 10.3 Å². The molecule has 0 atom stereocenters. The van der Waals surface area contributed by atoms with Crippen molar-refractivity contribution in [1.29, 1.82) is 0 Å². The molecule has 0 aliphatic heterocycles. The maximum Gasteiger partial charge on any atom is 0.137 e. The van der Waals surface area contributed by atoms with Gasteiger partial charge in [-0.1, -0.05) is 23.2 Å². The van der Waals surface area contributed by atoms with Gasteiger partial charge in [0.2, 0.25) is 0 Å². The molecule has 2 heterocycles. The number of halogens is 2. The average Bonchev–Trinajstić information content (AvgIpc) is 2.80. The van der Waals surface area contributed by atoms with Crippen LogP contribution in [0.2, 0.25) is 10.0 Å². The lowest BCUT2D eigenvalue weighted by molar-refractivity contribution is 1.08. The normalized spacial score (nSPS) is 10.8. The highest BCUT2D eigenvalue weighted by atomic mass is 35.5. The number of imidazole rings is 1. The number of fused-ring (bicyclic) bond motifs is 1. The van der Waals surface area contributed by atoms with Crippen LogP contribution in [0.1, 0.15) is 5.69 Å². The zero-order valence-corrected chi connectivity index (χ0v) is 11.5. The Morgan fingerprint density at radius 3 is 2.47 bits per heavy atom. The summed E-state index contributed by atoms with van der Waals surface area (Å²) in [6.45, 7) is 0.654. The molecule has 1 N–H and O–H groups in total. The summed E-state index contributed by atoms with van der Waals surface area (Å²) in [6.07, 6.45) is 3.81. The van der Waals surface area contributed by atoms with E-state index in [1.165, 1.54) is 0 Å². The van der Waals surface area contributed by atoms with E-state index in [1.807, 2.05) is 53.2 Å². The first-order valence-electron chi connectivity index (χ1n) is 5.83. The fourth-order valence-corrected chi connectivity index (χ4v) is 2.16. The van der Waals surface area contributed by atoms with Gasteiger partial charge in [0.25, 0.3) is 0 Å². The average molecular weight is 292 g/mol. The second-order valence-electron chi connectivity index (χ2n) is 4.21. The van der Waals surface area contributed by atoms with Gasteiger partial charge in [0, 0.05) is 23.1 Å². The number of hydrogen-bond acceptors (Lipinski definition) is 2. The van der Waals surface area contributed by atoms with Gasteiger partial charge in [0.1, 0.15) is 5.65 Å². The third kappa shape index (κ3) is 2.83. The van der Waals surface area contributed by atoms with E-state index in [9.17, 15) is 0 Å².